The predicted molar refractivity (Wildman–Crippen MR) is 154 cm³/mol. The summed E-state index contributed by atoms with van der Waals surface area (Å²) in [6.07, 6.45) is 0. The maximum atomic E-state index is 14.4. The zero-order valence-corrected chi connectivity index (χ0v) is 22.1. The molecule has 5 aromatic rings. The quantitative estimate of drug-likeness (QED) is 0.284. The number of hydrogen-bond acceptors (Lipinski definition) is 3. The monoisotopic (exact) mass is 512 g/mol. The molecule has 1 aromatic heterocycles. The first kappa shape index (κ1) is 25.5. The summed E-state index contributed by atoms with van der Waals surface area (Å²) in [5.41, 5.74) is 6.35. The number of nitriles is 1. The van der Waals surface area contributed by atoms with Crippen molar-refractivity contribution in [2.75, 3.05) is 14.1 Å². The summed E-state index contributed by atoms with van der Waals surface area (Å²) in [5.74, 6) is -0.0982. The number of hydrogen-bond donors (Lipinski definition) is 0. The number of nitrogens with zero attached hydrogens (tertiary/aromatic N) is 4. The molecule has 4 aromatic carbocycles. The van der Waals surface area contributed by atoms with Crippen LogP contribution in [0.25, 0.3) is 28.2 Å². The van der Waals surface area contributed by atoms with E-state index < -0.39 is 0 Å². The van der Waals surface area contributed by atoms with E-state index in [4.69, 9.17) is 0 Å². The van der Waals surface area contributed by atoms with Gasteiger partial charge in [0, 0.05) is 30.8 Å². The summed E-state index contributed by atoms with van der Waals surface area (Å²) >= 11 is 0. The third kappa shape index (κ3) is 4.78. The highest BCUT2D eigenvalue weighted by Gasteiger charge is 2.25. The molecule has 0 atom stereocenters. The Morgan fingerprint density at radius 1 is 0.821 bits per heavy atom. The van der Waals surface area contributed by atoms with Gasteiger partial charge in [0.1, 0.15) is 0 Å². The lowest BCUT2D eigenvalue weighted by Gasteiger charge is -2.14. The topological polar surface area (TPSA) is 71.0 Å². The first-order chi connectivity index (χ1) is 18.9. The minimum Gasteiger partial charge on any atom is -0.345 e. The van der Waals surface area contributed by atoms with E-state index in [0.717, 1.165) is 33.6 Å². The Balaban J connectivity index is 1.83. The fourth-order valence-corrected chi connectivity index (χ4v) is 4.90. The smallest absolute Gasteiger partial charge is 0.334 e. The molecule has 0 N–H and O–H groups in total. The molecular weight excluding hydrogens is 484 g/mol. The van der Waals surface area contributed by atoms with Gasteiger partial charge in [-0.05, 0) is 42.3 Å². The van der Waals surface area contributed by atoms with Gasteiger partial charge in [-0.15, -0.1) is 0 Å². The van der Waals surface area contributed by atoms with Gasteiger partial charge in [-0.3, -0.25) is 13.9 Å². The third-order valence-electron chi connectivity index (χ3n) is 6.82. The molecule has 0 aliphatic rings. The van der Waals surface area contributed by atoms with E-state index in [1.807, 2.05) is 91.9 Å². The molecule has 0 fully saturated rings. The van der Waals surface area contributed by atoms with Crippen LogP contribution in [0.1, 0.15) is 27.0 Å². The molecule has 0 saturated heterocycles. The van der Waals surface area contributed by atoms with Crippen LogP contribution < -0.4 is 5.69 Å². The number of aromatic nitrogens is 2. The molecule has 0 aliphatic heterocycles. The minimum absolute atomic E-state index is 0.0982. The first-order valence-electron chi connectivity index (χ1n) is 12.7. The number of carbonyl (C=O) groups excluding carboxylic acids is 1. The minimum atomic E-state index is -0.227. The van der Waals surface area contributed by atoms with Crippen LogP contribution >= 0.6 is 0 Å². The molecule has 0 saturated carbocycles. The van der Waals surface area contributed by atoms with E-state index in [9.17, 15) is 14.9 Å². The predicted octanol–water partition coefficient (Wildman–Crippen LogP) is 5.90. The normalized spacial score (nSPS) is 10.7. The van der Waals surface area contributed by atoms with Gasteiger partial charge in [0.05, 0.1) is 35.3 Å². The molecule has 6 nitrogen and oxygen atoms in total. The average molecular weight is 513 g/mol. The van der Waals surface area contributed by atoms with Crippen LogP contribution in [-0.4, -0.2) is 34.0 Å². The van der Waals surface area contributed by atoms with Gasteiger partial charge in [0.2, 0.25) is 0 Å². The van der Waals surface area contributed by atoms with Gasteiger partial charge in [-0.25, -0.2) is 4.79 Å². The van der Waals surface area contributed by atoms with Crippen molar-refractivity contribution in [3.05, 3.63) is 136 Å². The van der Waals surface area contributed by atoms with Gasteiger partial charge in [-0.1, -0.05) is 78.9 Å². The lowest BCUT2D eigenvalue weighted by atomic mass is 10.0. The Kier molecular flexibility index (Phi) is 6.98. The van der Waals surface area contributed by atoms with Crippen molar-refractivity contribution in [3.63, 3.8) is 0 Å². The van der Waals surface area contributed by atoms with Crippen molar-refractivity contribution < 1.29 is 4.79 Å². The van der Waals surface area contributed by atoms with Crippen LogP contribution in [0, 0.1) is 18.3 Å². The van der Waals surface area contributed by atoms with Crippen molar-refractivity contribution in [2.24, 2.45) is 0 Å². The summed E-state index contributed by atoms with van der Waals surface area (Å²) < 4.78 is 3.47. The Morgan fingerprint density at radius 2 is 1.44 bits per heavy atom. The lowest BCUT2D eigenvalue weighted by molar-refractivity contribution is 0.0827. The van der Waals surface area contributed by atoms with E-state index in [2.05, 4.69) is 6.07 Å². The molecular formula is C33H28N4O2. The van der Waals surface area contributed by atoms with Gasteiger partial charge < -0.3 is 4.90 Å². The van der Waals surface area contributed by atoms with Crippen molar-refractivity contribution in [2.45, 2.75) is 13.5 Å². The number of imidazole rings is 1. The van der Waals surface area contributed by atoms with Crippen molar-refractivity contribution in [3.8, 4) is 34.3 Å². The molecule has 6 heteroatoms. The molecule has 39 heavy (non-hydrogen) atoms. The fourth-order valence-electron chi connectivity index (χ4n) is 4.90. The van der Waals surface area contributed by atoms with Gasteiger partial charge >= 0.3 is 5.69 Å². The van der Waals surface area contributed by atoms with E-state index in [0.29, 0.717) is 16.8 Å². The highest BCUT2D eigenvalue weighted by atomic mass is 16.2. The lowest BCUT2D eigenvalue weighted by Crippen LogP contribution is -2.25. The molecule has 1 heterocycles. The molecule has 0 aliphatic carbocycles. The molecule has 0 radical (unpaired) electrons. The second-order valence-electron chi connectivity index (χ2n) is 9.59. The molecule has 1 amide bonds. The molecule has 0 unspecified atom stereocenters. The van der Waals surface area contributed by atoms with E-state index in [1.165, 1.54) is 4.90 Å². The summed E-state index contributed by atoms with van der Waals surface area (Å²) in [7, 11) is 3.44. The zero-order chi connectivity index (χ0) is 27.5. The van der Waals surface area contributed by atoms with Crippen LogP contribution in [-0.2, 0) is 6.54 Å². The zero-order valence-electron chi connectivity index (χ0n) is 22.1. The van der Waals surface area contributed by atoms with E-state index >= 15 is 0 Å². The maximum absolute atomic E-state index is 14.4. The number of benzene rings is 4. The average Bonchev–Trinajstić information content (AvgIpc) is 3.25. The Hall–Kier alpha value is -5.15. The summed E-state index contributed by atoms with van der Waals surface area (Å²) in [4.78, 5) is 28.6. The number of carbonyl (C=O) groups is 1. The van der Waals surface area contributed by atoms with Crippen molar-refractivity contribution in [1.29, 1.82) is 5.26 Å². The van der Waals surface area contributed by atoms with Crippen LogP contribution in [0.5, 0.6) is 0 Å². The molecule has 5 rings (SSSR count). The van der Waals surface area contributed by atoms with Gasteiger partial charge in [0.15, 0.2) is 0 Å². The fraction of sp³-hybridized carbons (Fsp3) is 0.121. The maximum Gasteiger partial charge on any atom is 0.334 e. The van der Waals surface area contributed by atoms with Crippen molar-refractivity contribution >= 4 is 5.91 Å². The highest BCUT2D eigenvalue weighted by Crippen LogP contribution is 2.35. The van der Waals surface area contributed by atoms with Crippen LogP contribution in [0.2, 0.25) is 0 Å². The molecule has 0 bridgehead atoms. The molecule has 0 spiro atoms. The second-order valence-corrected chi connectivity index (χ2v) is 9.59. The molecule has 192 valence electrons. The summed E-state index contributed by atoms with van der Waals surface area (Å²) in [5, 5.41) is 9.71. The van der Waals surface area contributed by atoms with Gasteiger partial charge in [-0.2, -0.15) is 5.26 Å². The summed E-state index contributed by atoms with van der Waals surface area (Å²) in [6, 6.07) is 34.7. The number of rotatable bonds is 6. The van der Waals surface area contributed by atoms with Crippen molar-refractivity contribution in [1.82, 2.24) is 14.0 Å². The van der Waals surface area contributed by atoms with Crippen LogP contribution in [0.3, 0.4) is 0 Å². The van der Waals surface area contributed by atoms with Crippen LogP contribution in [0.4, 0.5) is 0 Å². The Bertz CT molecular complexity index is 1760. The standard InChI is InChI=1S/C33H28N4O2/c1-23-28(21-34)18-11-19-29(23)37-31(26-15-8-5-9-16-26)30(25-13-6-4-7-14-25)36(33(37)39)22-24-12-10-17-27(20-24)32(38)35(2)3/h4-20H,22H2,1-3H3. The highest BCUT2D eigenvalue weighted by molar-refractivity contribution is 5.94. The van der Waals surface area contributed by atoms with Crippen LogP contribution in [0.15, 0.2) is 108 Å². The largest absolute Gasteiger partial charge is 0.345 e. The van der Waals surface area contributed by atoms with E-state index in [1.54, 1.807) is 41.4 Å². The van der Waals surface area contributed by atoms with E-state index in [-0.39, 0.29) is 18.1 Å². The second kappa shape index (κ2) is 10.7. The summed E-state index contributed by atoms with van der Waals surface area (Å²) in [6.45, 7) is 2.13. The number of amides is 1. The Labute approximate surface area is 227 Å². The Morgan fingerprint density at radius 3 is 2.05 bits per heavy atom. The van der Waals surface area contributed by atoms with Gasteiger partial charge in [0.25, 0.3) is 5.91 Å². The third-order valence-corrected chi connectivity index (χ3v) is 6.82. The SMILES string of the molecule is Cc1c(C#N)cccc1-n1c(-c2ccccc2)c(-c2ccccc2)n(Cc2cccc(C(=O)N(C)C)c2)c1=O. The first-order valence-corrected chi connectivity index (χ1v) is 12.7.